The second-order valence-electron chi connectivity index (χ2n) is 10.2. The molecule has 0 spiro atoms. The number of oxazole rings is 1. The molecule has 0 bridgehead atoms. The van der Waals surface area contributed by atoms with Gasteiger partial charge in [-0.15, -0.1) is 0 Å². The molecule has 1 fully saturated rings. The number of nitrogens with one attached hydrogen (secondary N) is 1. The molecule has 7 rings (SSSR count). The Labute approximate surface area is 256 Å². The minimum absolute atomic E-state index is 0.102. The number of hydrogen-bond acceptors (Lipinski definition) is 8. The fourth-order valence-electron chi connectivity index (χ4n) is 4.93. The Morgan fingerprint density at radius 2 is 1.73 bits per heavy atom. The average Bonchev–Trinajstić information content (AvgIpc) is 3.76. The lowest BCUT2D eigenvalue weighted by atomic mass is 10.1. The second-order valence-corrected chi connectivity index (χ2v) is 11.2. The summed E-state index contributed by atoms with van der Waals surface area (Å²) in [6, 6.07) is 20.4. The fraction of sp³-hybridized carbons (Fsp3) is 0.212. The molecule has 2 aliphatic heterocycles. The predicted molar refractivity (Wildman–Crippen MR) is 170 cm³/mol. The van der Waals surface area contributed by atoms with Gasteiger partial charge < -0.3 is 24.1 Å². The molecule has 4 heterocycles. The summed E-state index contributed by atoms with van der Waals surface area (Å²) in [7, 11) is 0. The zero-order valence-corrected chi connectivity index (χ0v) is 24.6. The van der Waals surface area contributed by atoms with E-state index in [1.54, 1.807) is 36.4 Å². The van der Waals surface area contributed by atoms with Gasteiger partial charge in [-0.25, -0.2) is 9.78 Å². The number of carbonyl (C=O) groups excluding carboxylic acids is 2. The van der Waals surface area contributed by atoms with Crippen LogP contribution < -0.4 is 20.5 Å². The highest BCUT2D eigenvalue weighted by Crippen LogP contribution is 2.32. The first kappa shape index (κ1) is 28.9. The number of likely N-dealkylation sites (tertiary alicyclic amines) is 1. The Morgan fingerprint density at radius 1 is 0.932 bits per heavy atom. The van der Waals surface area contributed by atoms with Crippen molar-refractivity contribution in [3.05, 3.63) is 101 Å². The van der Waals surface area contributed by atoms with Gasteiger partial charge in [0.2, 0.25) is 18.6 Å². The molecular weight excluding hydrogens is 580 g/mol. The first-order valence-electron chi connectivity index (χ1n) is 14.3. The number of benzene rings is 3. The van der Waals surface area contributed by atoms with E-state index in [2.05, 4.69) is 10.3 Å². The van der Waals surface area contributed by atoms with Crippen LogP contribution in [0.2, 0.25) is 0 Å². The van der Waals surface area contributed by atoms with E-state index in [0.717, 1.165) is 53.2 Å². The summed E-state index contributed by atoms with van der Waals surface area (Å²) in [5, 5.41) is 3.24. The molecule has 0 saturated carbocycles. The molecule has 2 aromatic heterocycles. The van der Waals surface area contributed by atoms with Crippen LogP contribution >= 0.6 is 11.3 Å². The van der Waals surface area contributed by atoms with Crippen LogP contribution in [-0.4, -0.2) is 46.1 Å². The normalized spacial score (nSPS) is 14.3. The van der Waals surface area contributed by atoms with Crippen molar-refractivity contribution in [3.8, 4) is 11.5 Å². The molecule has 0 aliphatic carbocycles. The number of ether oxygens (including phenoxy) is 2. The summed E-state index contributed by atoms with van der Waals surface area (Å²) in [4.78, 5) is 42.3. The standard InChI is InChI=1S/C17H19NO3.C16H11N3O3S/c19-17(18-10-4-1-5-11-18)7-3-2-6-14-8-9-15-16(12-14)21-13-20-15;20-14(18-15-17-10-5-1-4-8-13(10)23-15)9-19-11-6-2-3-7-12(11)22-16(19)21/h2-3,6-9,12H,1,4-5,10-11,13H2;1-8H,9H2,(H,17,18,20). The molecule has 1 N–H and O–H groups in total. The van der Waals surface area contributed by atoms with Crippen molar-refractivity contribution in [2.45, 2.75) is 25.8 Å². The maximum atomic E-state index is 12.2. The Balaban J connectivity index is 0.000000157. The molecule has 2 aliphatic rings. The van der Waals surface area contributed by atoms with E-state index in [9.17, 15) is 14.4 Å². The van der Waals surface area contributed by atoms with E-state index in [0.29, 0.717) is 16.2 Å². The summed E-state index contributed by atoms with van der Waals surface area (Å²) in [5.41, 5.74) is 2.91. The van der Waals surface area contributed by atoms with E-state index in [1.165, 1.54) is 22.3 Å². The number of anilines is 1. The summed E-state index contributed by atoms with van der Waals surface area (Å²) < 4.78 is 18.0. The van der Waals surface area contributed by atoms with E-state index < -0.39 is 5.76 Å². The maximum absolute atomic E-state index is 12.2. The Bertz CT molecular complexity index is 1880. The summed E-state index contributed by atoms with van der Waals surface area (Å²) in [6.45, 7) is 1.93. The number of rotatable bonds is 6. The van der Waals surface area contributed by atoms with Gasteiger partial charge in [-0.1, -0.05) is 59.9 Å². The fourth-order valence-corrected chi connectivity index (χ4v) is 5.81. The monoisotopic (exact) mass is 610 g/mol. The highest BCUT2D eigenvalue weighted by Gasteiger charge is 2.15. The minimum Gasteiger partial charge on any atom is -0.454 e. The van der Waals surface area contributed by atoms with Crippen LogP contribution in [0.4, 0.5) is 5.13 Å². The van der Waals surface area contributed by atoms with Crippen molar-refractivity contribution in [2.75, 3.05) is 25.2 Å². The van der Waals surface area contributed by atoms with Crippen molar-refractivity contribution in [3.63, 3.8) is 0 Å². The van der Waals surface area contributed by atoms with Gasteiger partial charge in [0.15, 0.2) is 22.2 Å². The smallest absolute Gasteiger partial charge is 0.420 e. The highest BCUT2D eigenvalue weighted by molar-refractivity contribution is 7.22. The van der Waals surface area contributed by atoms with E-state index in [1.807, 2.05) is 59.5 Å². The number of aromatic nitrogens is 2. The van der Waals surface area contributed by atoms with Crippen LogP contribution in [-0.2, 0) is 16.1 Å². The predicted octanol–water partition coefficient (Wildman–Crippen LogP) is 5.84. The number of thiazole rings is 1. The second kappa shape index (κ2) is 13.4. The molecule has 224 valence electrons. The van der Waals surface area contributed by atoms with Gasteiger partial charge in [-0.3, -0.25) is 14.2 Å². The summed E-state index contributed by atoms with van der Waals surface area (Å²) in [6.07, 6.45) is 10.7. The SMILES string of the molecule is O=C(C=CC=Cc1ccc2c(c1)OCO2)N1CCCCC1.O=C(Cn1c(=O)oc2ccccc21)Nc1nc2ccccc2s1. The van der Waals surface area contributed by atoms with Crippen molar-refractivity contribution in [2.24, 2.45) is 0 Å². The topological polar surface area (TPSA) is 116 Å². The number of para-hydroxylation sites is 3. The van der Waals surface area contributed by atoms with E-state index in [4.69, 9.17) is 13.9 Å². The van der Waals surface area contributed by atoms with Crippen molar-refractivity contribution in [1.29, 1.82) is 0 Å². The third-order valence-electron chi connectivity index (χ3n) is 7.12. The Kier molecular flexibility index (Phi) is 8.83. The van der Waals surface area contributed by atoms with Crippen LogP contribution in [0.1, 0.15) is 24.8 Å². The number of piperidine rings is 1. The number of carbonyl (C=O) groups is 2. The van der Waals surface area contributed by atoms with Gasteiger partial charge >= 0.3 is 5.76 Å². The van der Waals surface area contributed by atoms with E-state index in [-0.39, 0.29) is 25.2 Å². The lowest BCUT2D eigenvalue weighted by Crippen LogP contribution is -2.34. The van der Waals surface area contributed by atoms with Gasteiger partial charge in [-0.2, -0.15) is 0 Å². The quantitative estimate of drug-likeness (QED) is 0.190. The van der Waals surface area contributed by atoms with Crippen molar-refractivity contribution in [1.82, 2.24) is 14.5 Å². The molecule has 2 amide bonds. The van der Waals surface area contributed by atoms with Crippen LogP contribution in [0.3, 0.4) is 0 Å². The third kappa shape index (κ3) is 6.90. The van der Waals surface area contributed by atoms with Gasteiger partial charge in [0, 0.05) is 19.2 Å². The lowest BCUT2D eigenvalue weighted by Gasteiger charge is -2.25. The van der Waals surface area contributed by atoms with Crippen molar-refractivity contribution >= 4 is 55.7 Å². The highest BCUT2D eigenvalue weighted by atomic mass is 32.1. The molecule has 0 atom stereocenters. The summed E-state index contributed by atoms with van der Waals surface area (Å²) in [5.74, 6) is 0.780. The number of hydrogen-bond donors (Lipinski definition) is 1. The molecule has 3 aromatic carbocycles. The van der Waals surface area contributed by atoms with Gasteiger partial charge in [0.1, 0.15) is 6.54 Å². The number of allylic oxidation sites excluding steroid dienone is 2. The van der Waals surface area contributed by atoms with Crippen LogP contribution in [0.25, 0.3) is 27.4 Å². The van der Waals surface area contributed by atoms with Crippen molar-refractivity contribution < 1.29 is 23.5 Å². The molecular formula is C33H30N4O6S. The zero-order chi connectivity index (χ0) is 30.3. The first-order chi connectivity index (χ1) is 21.5. The molecule has 10 nitrogen and oxygen atoms in total. The molecule has 0 radical (unpaired) electrons. The third-order valence-corrected chi connectivity index (χ3v) is 8.07. The van der Waals surface area contributed by atoms with Crippen LogP contribution in [0.5, 0.6) is 11.5 Å². The Hall–Kier alpha value is -5.16. The molecule has 0 unspecified atom stereocenters. The van der Waals surface area contributed by atoms with Gasteiger partial charge in [0.05, 0.1) is 15.7 Å². The maximum Gasteiger partial charge on any atom is 0.420 e. The van der Waals surface area contributed by atoms with Gasteiger partial charge in [-0.05, 0) is 61.2 Å². The first-order valence-corrected chi connectivity index (χ1v) is 15.1. The minimum atomic E-state index is -0.550. The molecule has 1 saturated heterocycles. The lowest BCUT2D eigenvalue weighted by molar-refractivity contribution is -0.126. The average molecular weight is 611 g/mol. The molecule has 11 heteroatoms. The molecule has 44 heavy (non-hydrogen) atoms. The molecule has 5 aromatic rings. The number of nitrogens with zero attached hydrogens (tertiary/aromatic N) is 3. The van der Waals surface area contributed by atoms with Crippen LogP contribution in [0.15, 0.2) is 94.2 Å². The van der Waals surface area contributed by atoms with E-state index >= 15 is 0 Å². The zero-order valence-electron chi connectivity index (χ0n) is 23.8. The summed E-state index contributed by atoms with van der Waals surface area (Å²) >= 11 is 1.39. The largest absolute Gasteiger partial charge is 0.454 e. The van der Waals surface area contributed by atoms with Gasteiger partial charge in [0.25, 0.3) is 0 Å². The van der Waals surface area contributed by atoms with Crippen LogP contribution in [0, 0.1) is 0 Å². The number of fused-ring (bicyclic) bond motifs is 3. The Morgan fingerprint density at radius 3 is 2.59 bits per heavy atom. The number of amides is 2.